The molecule has 2 rings (SSSR count). The first-order valence-electron chi connectivity index (χ1n) is 5.37. The number of nitrogens with two attached hydrogens (primary N) is 1. The highest BCUT2D eigenvalue weighted by molar-refractivity contribution is 7.89. The Balaban J connectivity index is 2.32. The van der Waals surface area contributed by atoms with Crippen molar-refractivity contribution in [3.63, 3.8) is 0 Å². The molecule has 0 fully saturated rings. The first-order chi connectivity index (χ1) is 8.89. The summed E-state index contributed by atoms with van der Waals surface area (Å²) in [5, 5.41) is 9.26. The van der Waals surface area contributed by atoms with Gasteiger partial charge in [-0.3, -0.25) is 4.79 Å². The van der Waals surface area contributed by atoms with Crippen LogP contribution in [0.5, 0.6) is 0 Å². The van der Waals surface area contributed by atoms with Crippen LogP contribution in [0.4, 0.5) is 5.69 Å². The minimum Gasteiger partial charge on any atom is -0.321 e. The van der Waals surface area contributed by atoms with Crippen molar-refractivity contribution < 1.29 is 13.2 Å². The predicted molar refractivity (Wildman–Crippen MR) is 74.8 cm³/mol. The van der Waals surface area contributed by atoms with Crippen LogP contribution in [-0.4, -0.2) is 14.3 Å². The number of carbonyl (C=O) groups is 1. The standard InChI is InChI=1S/C12H12N2O3S2/c1-8-4-2-3-5-9(8)14-12(15)11-10(6-7-18-11)19(13,16)17/h2-7H,1H3,(H,14,15)(H2,13,16,17). The van der Waals surface area contributed by atoms with E-state index in [9.17, 15) is 13.2 Å². The zero-order valence-electron chi connectivity index (χ0n) is 10.1. The lowest BCUT2D eigenvalue weighted by Gasteiger charge is -2.07. The van der Waals surface area contributed by atoms with Gasteiger partial charge in [0.1, 0.15) is 9.77 Å². The molecule has 0 saturated heterocycles. The first kappa shape index (κ1) is 13.7. The third-order valence-corrected chi connectivity index (χ3v) is 4.53. The van der Waals surface area contributed by atoms with Crippen molar-refractivity contribution in [1.82, 2.24) is 0 Å². The molecule has 1 amide bonds. The van der Waals surface area contributed by atoms with E-state index in [0.717, 1.165) is 16.9 Å². The fourth-order valence-corrected chi connectivity index (χ4v) is 3.45. The fraction of sp³-hybridized carbons (Fsp3) is 0.0833. The van der Waals surface area contributed by atoms with Crippen molar-refractivity contribution in [3.05, 3.63) is 46.2 Å². The van der Waals surface area contributed by atoms with Crippen LogP contribution >= 0.6 is 11.3 Å². The van der Waals surface area contributed by atoms with E-state index in [1.807, 2.05) is 19.1 Å². The van der Waals surface area contributed by atoms with Crippen molar-refractivity contribution in [2.24, 2.45) is 5.14 Å². The molecular formula is C12H12N2O3S2. The number of hydrogen-bond acceptors (Lipinski definition) is 4. The van der Waals surface area contributed by atoms with Gasteiger partial charge in [-0.25, -0.2) is 13.6 Å². The van der Waals surface area contributed by atoms with Crippen LogP contribution < -0.4 is 10.5 Å². The second-order valence-electron chi connectivity index (χ2n) is 3.93. The zero-order valence-corrected chi connectivity index (χ0v) is 11.7. The van der Waals surface area contributed by atoms with Crippen molar-refractivity contribution in [2.75, 3.05) is 5.32 Å². The molecule has 0 saturated carbocycles. The van der Waals surface area contributed by atoms with Crippen LogP contribution in [0.15, 0.2) is 40.6 Å². The average molecular weight is 296 g/mol. The van der Waals surface area contributed by atoms with Crippen LogP contribution in [0.3, 0.4) is 0 Å². The topological polar surface area (TPSA) is 89.3 Å². The minimum absolute atomic E-state index is 0.0887. The Labute approximate surface area is 115 Å². The molecule has 1 aromatic carbocycles. The van der Waals surface area contributed by atoms with E-state index in [1.54, 1.807) is 12.1 Å². The monoisotopic (exact) mass is 296 g/mol. The average Bonchev–Trinajstić information content (AvgIpc) is 2.81. The molecule has 0 atom stereocenters. The summed E-state index contributed by atoms with van der Waals surface area (Å²) in [7, 11) is -3.89. The SMILES string of the molecule is Cc1ccccc1NC(=O)c1sccc1S(N)(=O)=O. The van der Waals surface area contributed by atoms with Gasteiger partial charge >= 0.3 is 0 Å². The summed E-state index contributed by atoms with van der Waals surface area (Å²) in [4.78, 5) is 12.0. The molecule has 19 heavy (non-hydrogen) atoms. The third kappa shape index (κ3) is 3.01. The lowest BCUT2D eigenvalue weighted by molar-refractivity contribution is 0.102. The van der Waals surface area contributed by atoms with Crippen molar-refractivity contribution in [1.29, 1.82) is 0 Å². The van der Waals surface area contributed by atoms with Gasteiger partial charge in [0.05, 0.1) is 0 Å². The molecule has 5 nitrogen and oxygen atoms in total. The summed E-state index contributed by atoms with van der Waals surface area (Å²) >= 11 is 1.04. The number of carbonyl (C=O) groups excluding carboxylic acids is 1. The number of primary sulfonamides is 1. The van der Waals surface area contributed by atoms with Gasteiger partial charge in [0.2, 0.25) is 10.0 Å². The maximum absolute atomic E-state index is 12.1. The molecule has 0 unspecified atom stereocenters. The van der Waals surface area contributed by atoms with Crippen molar-refractivity contribution in [2.45, 2.75) is 11.8 Å². The summed E-state index contributed by atoms with van der Waals surface area (Å²) in [6.45, 7) is 1.85. The van der Waals surface area contributed by atoms with Gasteiger partial charge in [0.15, 0.2) is 0 Å². The number of nitrogens with one attached hydrogen (secondary N) is 1. The van der Waals surface area contributed by atoms with E-state index in [-0.39, 0.29) is 9.77 Å². The Hall–Kier alpha value is -1.70. The van der Waals surface area contributed by atoms with E-state index in [2.05, 4.69) is 5.32 Å². The summed E-state index contributed by atoms with van der Waals surface area (Å²) in [6, 6.07) is 8.57. The van der Waals surface area contributed by atoms with Crippen molar-refractivity contribution >= 4 is 33.0 Å². The van der Waals surface area contributed by atoms with Crippen LogP contribution in [0, 0.1) is 6.92 Å². The van der Waals surface area contributed by atoms with Crippen LogP contribution in [-0.2, 0) is 10.0 Å². The van der Waals surface area contributed by atoms with Gasteiger partial charge in [0, 0.05) is 5.69 Å². The molecule has 0 aliphatic carbocycles. The Kier molecular flexibility index (Phi) is 3.70. The summed E-state index contributed by atoms with van der Waals surface area (Å²) < 4.78 is 22.7. The molecule has 1 aromatic heterocycles. The highest BCUT2D eigenvalue weighted by Crippen LogP contribution is 2.23. The molecule has 100 valence electrons. The summed E-state index contributed by atoms with van der Waals surface area (Å²) in [5.41, 5.74) is 1.53. The van der Waals surface area contributed by atoms with E-state index < -0.39 is 15.9 Å². The van der Waals surface area contributed by atoms with E-state index in [0.29, 0.717) is 5.69 Å². The normalized spacial score (nSPS) is 11.3. The maximum Gasteiger partial charge on any atom is 0.267 e. The molecule has 1 heterocycles. The molecular weight excluding hydrogens is 284 g/mol. The molecule has 7 heteroatoms. The Morgan fingerprint density at radius 2 is 1.95 bits per heavy atom. The predicted octanol–water partition coefficient (Wildman–Crippen LogP) is 1.96. The smallest absolute Gasteiger partial charge is 0.267 e. The Bertz CT molecular complexity index is 720. The van der Waals surface area contributed by atoms with Crippen LogP contribution in [0.1, 0.15) is 15.2 Å². The molecule has 0 bridgehead atoms. The van der Waals surface area contributed by atoms with E-state index in [1.165, 1.54) is 11.4 Å². The molecule has 0 aliphatic rings. The number of rotatable bonds is 3. The van der Waals surface area contributed by atoms with Gasteiger partial charge in [-0.05, 0) is 30.0 Å². The molecule has 3 N–H and O–H groups in total. The van der Waals surface area contributed by atoms with Gasteiger partial charge in [-0.15, -0.1) is 11.3 Å². The van der Waals surface area contributed by atoms with E-state index in [4.69, 9.17) is 5.14 Å². The quantitative estimate of drug-likeness (QED) is 0.907. The summed E-state index contributed by atoms with van der Waals surface area (Å²) in [5.74, 6) is -0.478. The number of thiophene rings is 1. The molecule has 0 radical (unpaired) electrons. The number of benzene rings is 1. The minimum atomic E-state index is -3.89. The number of aryl methyl sites for hydroxylation is 1. The number of anilines is 1. The molecule has 2 aromatic rings. The highest BCUT2D eigenvalue weighted by atomic mass is 32.2. The van der Waals surface area contributed by atoms with Gasteiger partial charge in [-0.2, -0.15) is 0 Å². The van der Waals surface area contributed by atoms with Gasteiger partial charge in [0.25, 0.3) is 5.91 Å². The number of hydrogen-bond donors (Lipinski definition) is 2. The maximum atomic E-state index is 12.1. The largest absolute Gasteiger partial charge is 0.321 e. The first-order valence-corrected chi connectivity index (χ1v) is 7.79. The zero-order chi connectivity index (χ0) is 14.0. The summed E-state index contributed by atoms with van der Waals surface area (Å²) in [6.07, 6.45) is 0. The van der Waals surface area contributed by atoms with E-state index >= 15 is 0 Å². The third-order valence-electron chi connectivity index (χ3n) is 2.54. The number of sulfonamides is 1. The van der Waals surface area contributed by atoms with Crippen LogP contribution in [0.25, 0.3) is 0 Å². The lowest BCUT2D eigenvalue weighted by Crippen LogP contribution is -2.18. The van der Waals surface area contributed by atoms with Gasteiger partial charge < -0.3 is 5.32 Å². The fourth-order valence-electron chi connectivity index (χ4n) is 1.58. The van der Waals surface area contributed by atoms with Crippen LogP contribution in [0.2, 0.25) is 0 Å². The van der Waals surface area contributed by atoms with Crippen molar-refractivity contribution in [3.8, 4) is 0 Å². The lowest BCUT2D eigenvalue weighted by atomic mass is 10.2. The second kappa shape index (κ2) is 5.12. The number of amides is 1. The Morgan fingerprint density at radius 1 is 1.26 bits per heavy atom. The highest BCUT2D eigenvalue weighted by Gasteiger charge is 2.21. The molecule has 0 aliphatic heterocycles. The Morgan fingerprint density at radius 3 is 2.58 bits per heavy atom. The number of para-hydroxylation sites is 1. The van der Waals surface area contributed by atoms with Gasteiger partial charge in [-0.1, -0.05) is 18.2 Å². The second-order valence-corrected chi connectivity index (χ2v) is 6.37. The molecule has 0 spiro atoms.